The Labute approximate surface area is 123 Å². The molecular weight excluding hydrogens is 277 g/mol. The van der Waals surface area contributed by atoms with Crippen molar-refractivity contribution in [3.63, 3.8) is 0 Å². The molecule has 0 saturated carbocycles. The van der Waals surface area contributed by atoms with Gasteiger partial charge in [0.1, 0.15) is 11.7 Å². The Morgan fingerprint density at radius 2 is 2.14 bits per heavy atom. The van der Waals surface area contributed by atoms with Crippen LogP contribution in [-0.2, 0) is 4.74 Å². The molecule has 21 heavy (non-hydrogen) atoms. The molecule has 0 fully saturated rings. The van der Waals surface area contributed by atoms with Crippen LogP contribution in [0, 0.1) is 12.7 Å². The van der Waals surface area contributed by atoms with Crippen LogP contribution in [0.1, 0.15) is 22.3 Å². The minimum atomic E-state index is -0.457. The van der Waals surface area contributed by atoms with Gasteiger partial charge in [0.05, 0.1) is 6.61 Å². The molecule has 0 unspecified atom stereocenters. The molecule has 0 radical (unpaired) electrons. The number of nitrogens with two attached hydrogens (primary N) is 1. The van der Waals surface area contributed by atoms with Crippen LogP contribution in [0.25, 0.3) is 0 Å². The number of nitrogens with zero attached hydrogens (tertiary/aromatic N) is 2. The summed E-state index contributed by atoms with van der Waals surface area (Å²) >= 11 is 0. The number of methoxy groups -OCH3 is 1. The lowest BCUT2D eigenvalue weighted by Gasteiger charge is -2.22. The molecule has 6 nitrogen and oxygen atoms in total. The van der Waals surface area contributed by atoms with E-state index in [1.807, 2.05) is 0 Å². The number of halogens is 1. The van der Waals surface area contributed by atoms with Crippen LogP contribution in [0.2, 0.25) is 0 Å². The van der Waals surface area contributed by atoms with Gasteiger partial charge >= 0.3 is 0 Å². The topological polar surface area (TPSA) is 88.2 Å². The van der Waals surface area contributed by atoms with Crippen LogP contribution in [0.15, 0.2) is 23.4 Å². The minimum absolute atomic E-state index is 0.0284. The van der Waals surface area contributed by atoms with Crippen LogP contribution in [0.3, 0.4) is 0 Å². The molecule has 0 atom stereocenters. The van der Waals surface area contributed by atoms with E-state index in [9.17, 15) is 9.18 Å². The molecule has 0 aromatic heterocycles. The fourth-order valence-corrected chi connectivity index (χ4v) is 1.86. The van der Waals surface area contributed by atoms with Crippen molar-refractivity contribution < 1.29 is 19.1 Å². The van der Waals surface area contributed by atoms with Gasteiger partial charge in [0, 0.05) is 32.2 Å². The minimum Gasteiger partial charge on any atom is -0.409 e. The van der Waals surface area contributed by atoms with Crippen molar-refractivity contribution in [1.29, 1.82) is 0 Å². The van der Waals surface area contributed by atoms with E-state index in [1.54, 1.807) is 13.0 Å². The van der Waals surface area contributed by atoms with Crippen molar-refractivity contribution in [1.82, 2.24) is 4.90 Å². The van der Waals surface area contributed by atoms with Crippen molar-refractivity contribution in [2.45, 2.75) is 13.3 Å². The number of hydrogen-bond acceptors (Lipinski definition) is 4. The first-order chi connectivity index (χ1) is 9.97. The van der Waals surface area contributed by atoms with Gasteiger partial charge in [-0.05, 0) is 30.7 Å². The molecule has 0 saturated heterocycles. The second kappa shape index (κ2) is 8.21. The Morgan fingerprint density at radius 3 is 2.71 bits per heavy atom. The maximum atomic E-state index is 13.4. The molecule has 0 aliphatic carbocycles. The molecule has 1 amide bonds. The van der Waals surface area contributed by atoms with E-state index >= 15 is 0 Å². The highest BCUT2D eigenvalue weighted by Gasteiger charge is 2.17. The van der Waals surface area contributed by atoms with Gasteiger partial charge in [0.2, 0.25) is 0 Å². The first kappa shape index (κ1) is 16.9. The summed E-state index contributed by atoms with van der Waals surface area (Å²) in [4.78, 5) is 13.9. The smallest absolute Gasteiger partial charge is 0.254 e. The molecule has 0 aliphatic rings. The number of hydrogen-bond donors (Lipinski definition) is 2. The van der Waals surface area contributed by atoms with Gasteiger partial charge < -0.3 is 20.6 Å². The predicted octanol–water partition coefficient (Wildman–Crippen LogP) is 1.36. The Kier molecular flexibility index (Phi) is 6.61. The lowest BCUT2D eigenvalue weighted by atomic mass is 10.1. The van der Waals surface area contributed by atoms with Crippen LogP contribution in [0.4, 0.5) is 4.39 Å². The molecule has 0 bridgehead atoms. The number of amides is 1. The zero-order chi connectivity index (χ0) is 15.8. The van der Waals surface area contributed by atoms with Gasteiger partial charge in [-0.25, -0.2) is 4.39 Å². The highest BCUT2D eigenvalue weighted by atomic mass is 19.1. The third-order valence-corrected chi connectivity index (χ3v) is 2.91. The van der Waals surface area contributed by atoms with E-state index < -0.39 is 5.82 Å². The van der Waals surface area contributed by atoms with E-state index in [0.29, 0.717) is 18.7 Å². The summed E-state index contributed by atoms with van der Waals surface area (Å²) in [5.74, 6) is -0.748. The summed E-state index contributed by atoms with van der Waals surface area (Å²) < 4.78 is 18.4. The third kappa shape index (κ3) is 5.39. The Morgan fingerprint density at radius 1 is 1.43 bits per heavy atom. The van der Waals surface area contributed by atoms with E-state index in [1.165, 1.54) is 24.1 Å². The van der Waals surface area contributed by atoms with Gasteiger partial charge in [-0.15, -0.1) is 0 Å². The first-order valence-electron chi connectivity index (χ1n) is 6.49. The number of ether oxygens (including phenoxy) is 1. The fourth-order valence-electron chi connectivity index (χ4n) is 1.86. The molecule has 0 aliphatic heterocycles. The SMILES string of the molecule is COCCN(CC/C(N)=N/O)C(=O)c1cc(C)cc(F)c1. The summed E-state index contributed by atoms with van der Waals surface area (Å²) in [7, 11) is 1.53. The summed E-state index contributed by atoms with van der Waals surface area (Å²) in [5, 5.41) is 11.4. The third-order valence-electron chi connectivity index (χ3n) is 2.91. The number of amidine groups is 1. The van der Waals surface area contributed by atoms with Gasteiger partial charge in [0.25, 0.3) is 5.91 Å². The van der Waals surface area contributed by atoms with E-state index in [4.69, 9.17) is 15.7 Å². The first-order valence-corrected chi connectivity index (χ1v) is 6.49. The number of carbonyl (C=O) groups excluding carboxylic acids is 1. The average molecular weight is 297 g/mol. The standard InChI is InChI=1S/C14H20FN3O3/c1-10-7-11(9-12(15)8-10)14(19)18(5-6-21-2)4-3-13(16)17-20/h7-9,20H,3-6H2,1-2H3,(H2,16,17). The molecule has 0 heterocycles. The van der Waals surface area contributed by atoms with Gasteiger partial charge in [-0.1, -0.05) is 5.16 Å². The van der Waals surface area contributed by atoms with Gasteiger partial charge in [-0.3, -0.25) is 4.79 Å². The summed E-state index contributed by atoms with van der Waals surface area (Å²) in [6.45, 7) is 2.66. The molecule has 1 rings (SSSR count). The van der Waals surface area contributed by atoms with Crippen molar-refractivity contribution in [3.05, 3.63) is 35.1 Å². The average Bonchev–Trinajstić information content (AvgIpc) is 2.45. The highest BCUT2D eigenvalue weighted by molar-refractivity contribution is 5.94. The quantitative estimate of drug-likeness (QED) is 0.344. The van der Waals surface area contributed by atoms with Crippen molar-refractivity contribution in [3.8, 4) is 0 Å². The zero-order valence-electron chi connectivity index (χ0n) is 12.2. The normalized spacial score (nSPS) is 11.5. The Hall–Kier alpha value is -2.15. The molecule has 1 aromatic carbocycles. The maximum absolute atomic E-state index is 13.4. The van der Waals surface area contributed by atoms with Crippen LogP contribution >= 0.6 is 0 Å². The lowest BCUT2D eigenvalue weighted by molar-refractivity contribution is 0.0700. The van der Waals surface area contributed by atoms with Crippen LogP contribution < -0.4 is 5.73 Å². The molecular formula is C14H20FN3O3. The highest BCUT2D eigenvalue weighted by Crippen LogP contribution is 2.11. The molecule has 3 N–H and O–H groups in total. The zero-order valence-corrected chi connectivity index (χ0v) is 12.2. The fraction of sp³-hybridized carbons (Fsp3) is 0.429. The lowest BCUT2D eigenvalue weighted by Crippen LogP contribution is -2.36. The van der Waals surface area contributed by atoms with Gasteiger partial charge in [-0.2, -0.15) is 0 Å². The second-order valence-electron chi connectivity index (χ2n) is 4.64. The molecule has 0 spiro atoms. The molecule has 1 aromatic rings. The van der Waals surface area contributed by atoms with E-state index in [-0.39, 0.29) is 30.3 Å². The van der Waals surface area contributed by atoms with E-state index in [2.05, 4.69) is 5.16 Å². The van der Waals surface area contributed by atoms with Crippen LogP contribution in [0.5, 0.6) is 0 Å². The van der Waals surface area contributed by atoms with Crippen molar-refractivity contribution >= 4 is 11.7 Å². The van der Waals surface area contributed by atoms with E-state index in [0.717, 1.165) is 0 Å². The number of carbonyl (C=O) groups is 1. The number of aryl methyl sites for hydroxylation is 1. The van der Waals surface area contributed by atoms with Crippen molar-refractivity contribution in [2.24, 2.45) is 10.9 Å². The maximum Gasteiger partial charge on any atom is 0.254 e. The van der Waals surface area contributed by atoms with Gasteiger partial charge in [0.15, 0.2) is 0 Å². The number of rotatable bonds is 7. The second-order valence-corrected chi connectivity index (χ2v) is 4.64. The molecule has 116 valence electrons. The summed E-state index contributed by atoms with van der Waals surface area (Å²) in [6.07, 6.45) is 0.222. The molecule has 7 heteroatoms. The predicted molar refractivity (Wildman–Crippen MR) is 76.9 cm³/mol. The summed E-state index contributed by atoms with van der Waals surface area (Å²) in [6, 6.07) is 4.17. The monoisotopic (exact) mass is 297 g/mol. The summed E-state index contributed by atoms with van der Waals surface area (Å²) in [5.41, 5.74) is 6.34. The van der Waals surface area contributed by atoms with Crippen LogP contribution in [-0.4, -0.2) is 48.7 Å². The Balaban J connectivity index is 2.87. The van der Waals surface area contributed by atoms with Crippen molar-refractivity contribution in [2.75, 3.05) is 26.8 Å². The largest absolute Gasteiger partial charge is 0.409 e. The number of oxime groups is 1. The number of benzene rings is 1. The Bertz CT molecular complexity index is 500.